The Morgan fingerprint density at radius 1 is 1.38 bits per heavy atom. The highest BCUT2D eigenvalue weighted by molar-refractivity contribution is 7.99. The number of amides is 1. The van der Waals surface area contributed by atoms with Gasteiger partial charge in [0.2, 0.25) is 5.91 Å². The van der Waals surface area contributed by atoms with Crippen LogP contribution in [0.2, 0.25) is 5.02 Å². The topological polar surface area (TPSA) is 40.5 Å². The third-order valence-corrected chi connectivity index (χ3v) is 5.42. The number of hydrogen-bond donors (Lipinski definition) is 1. The molecule has 0 aromatic heterocycles. The molecule has 0 unspecified atom stereocenters. The molecule has 1 saturated carbocycles. The minimum Gasteiger partial charge on any atom is -0.388 e. The van der Waals surface area contributed by atoms with E-state index in [1.54, 1.807) is 23.7 Å². The van der Waals surface area contributed by atoms with Crippen molar-refractivity contribution in [2.24, 2.45) is 0 Å². The van der Waals surface area contributed by atoms with Gasteiger partial charge in [-0.15, -0.1) is 11.8 Å². The van der Waals surface area contributed by atoms with Crippen molar-refractivity contribution in [1.29, 1.82) is 0 Å². The van der Waals surface area contributed by atoms with E-state index in [4.69, 9.17) is 11.6 Å². The zero-order valence-electron chi connectivity index (χ0n) is 12.3. The molecule has 1 aliphatic carbocycles. The van der Waals surface area contributed by atoms with E-state index in [0.29, 0.717) is 18.7 Å². The largest absolute Gasteiger partial charge is 0.388 e. The number of likely N-dealkylation sites (N-methyl/N-ethyl adjacent to an activating group) is 1. The first-order valence-corrected chi connectivity index (χ1v) is 8.70. The summed E-state index contributed by atoms with van der Waals surface area (Å²) in [7, 11) is 1.78. The lowest BCUT2D eigenvalue weighted by Gasteiger charge is -2.28. The summed E-state index contributed by atoms with van der Waals surface area (Å²) < 4.78 is 0. The van der Waals surface area contributed by atoms with Gasteiger partial charge in [0.25, 0.3) is 0 Å². The fourth-order valence-corrected chi connectivity index (χ4v) is 3.90. The zero-order valence-corrected chi connectivity index (χ0v) is 13.9. The fraction of sp³-hybridized carbons (Fsp3) is 0.562. The molecule has 3 nitrogen and oxygen atoms in total. The van der Waals surface area contributed by atoms with E-state index in [1.165, 1.54) is 0 Å². The molecule has 0 bridgehead atoms. The lowest BCUT2D eigenvalue weighted by molar-refractivity contribution is -0.132. The van der Waals surface area contributed by atoms with Crippen molar-refractivity contribution in [2.75, 3.05) is 19.3 Å². The normalized spacial score (nSPS) is 16.9. The summed E-state index contributed by atoms with van der Waals surface area (Å²) in [6.45, 7) is 0.447. The lowest BCUT2D eigenvalue weighted by Crippen LogP contribution is -2.42. The van der Waals surface area contributed by atoms with Gasteiger partial charge in [0.15, 0.2) is 0 Å². The van der Waals surface area contributed by atoms with E-state index in [0.717, 1.165) is 35.6 Å². The average molecular weight is 328 g/mol. The van der Waals surface area contributed by atoms with E-state index < -0.39 is 5.60 Å². The van der Waals surface area contributed by atoms with Gasteiger partial charge >= 0.3 is 0 Å². The Bertz CT molecular complexity index is 489. The van der Waals surface area contributed by atoms with Crippen LogP contribution in [-0.4, -0.2) is 40.9 Å². The molecule has 1 fully saturated rings. The summed E-state index contributed by atoms with van der Waals surface area (Å²) in [4.78, 5) is 14.8. The first kappa shape index (κ1) is 16.7. The minimum atomic E-state index is -0.666. The third-order valence-electron chi connectivity index (χ3n) is 3.90. The van der Waals surface area contributed by atoms with Gasteiger partial charge in [0.05, 0.1) is 10.6 Å². The number of nitrogens with zero attached hydrogens (tertiary/aromatic N) is 1. The average Bonchev–Trinajstić information content (AvgIpc) is 2.87. The molecule has 0 spiro atoms. The number of rotatable bonds is 6. The molecule has 1 aromatic carbocycles. The minimum absolute atomic E-state index is 0.0786. The number of aliphatic hydroxyl groups is 1. The van der Waals surface area contributed by atoms with Crippen molar-refractivity contribution < 1.29 is 9.90 Å². The van der Waals surface area contributed by atoms with Gasteiger partial charge in [0, 0.05) is 30.7 Å². The summed E-state index contributed by atoms with van der Waals surface area (Å²) in [5, 5.41) is 11.1. The van der Waals surface area contributed by atoms with Crippen molar-refractivity contribution in [3.05, 3.63) is 29.3 Å². The molecule has 116 valence electrons. The van der Waals surface area contributed by atoms with Crippen LogP contribution in [0.5, 0.6) is 0 Å². The van der Waals surface area contributed by atoms with Crippen molar-refractivity contribution in [2.45, 2.75) is 42.6 Å². The molecule has 21 heavy (non-hydrogen) atoms. The summed E-state index contributed by atoms with van der Waals surface area (Å²) in [6, 6.07) is 7.65. The molecule has 1 aromatic rings. The number of carbonyl (C=O) groups excluding carboxylic acids is 1. The van der Waals surface area contributed by atoms with Crippen LogP contribution in [0, 0.1) is 0 Å². The summed E-state index contributed by atoms with van der Waals surface area (Å²) >= 11 is 7.68. The molecule has 1 amide bonds. The third kappa shape index (κ3) is 4.90. The van der Waals surface area contributed by atoms with Crippen molar-refractivity contribution in [3.63, 3.8) is 0 Å². The van der Waals surface area contributed by atoms with Crippen LogP contribution in [0.1, 0.15) is 32.1 Å². The van der Waals surface area contributed by atoms with E-state index >= 15 is 0 Å². The number of carbonyl (C=O) groups is 1. The molecule has 0 radical (unpaired) electrons. The number of halogens is 1. The highest BCUT2D eigenvalue weighted by atomic mass is 35.5. The van der Waals surface area contributed by atoms with Crippen molar-refractivity contribution in [1.82, 2.24) is 4.90 Å². The van der Waals surface area contributed by atoms with E-state index in [2.05, 4.69) is 0 Å². The summed E-state index contributed by atoms with van der Waals surface area (Å²) in [5.74, 6) is 0.778. The SMILES string of the molecule is CN(CC1(O)CCCC1)C(=O)CCSc1ccccc1Cl. The van der Waals surface area contributed by atoms with Gasteiger partial charge in [-0.05, 0) is 25.0 Å². The summed E-state index contributed by atoms with van der Waals surface area (Å²) in [5.41, 5.74) is -0.666. The van der Waals surface area contributed by atoms with Gasteiger partial charge in [-0.25, -0.2) is 0 Å². The maximum Gasteiger partial charge on any atom is 0.223 e. The molecule has 0 aliphatic heterocycles. The first-order chi connectivity index (χ1) is 10.0. The Hall–Kier alpha value is -0.710. The first-order valence-electron chi connectivity index (χ1n) is 7.34. The van der Waals surface area contributed by atoms with Crippen LogP contribution in [0.25, 0.3) is 0 Å². The molecule has 0 saturated heterocycles. The second-order valence-corrected chi connectivity index (χ2v) is 7.25. The highest BCUT2D eigenvalue weighted by Gasteiger charge is 2.33. The van der Waals surface area contributed by atoms with Gasteiger partial charge in [0.1, 0.15) is 0 Å². The van der Waals surface area contributed by atoms with Crippen molar-refractivity contribution in [3.8, 4) is 0 Å². The fourth-order valence-electron chi connectivity index (χ4n) is 2.72. The smallest absolute Gasteiger partial charge is 0.223 e. The Morgan fingerprint density at radius 2 is 2.05 bits per heavy atom. The van der Waals surface area contributed by atoms with E-state index in [1.807, 2.05) is 24.3 Å². The van der Waals surface area contributed by atoms with Crippen LogP contribution in [0.3, 0.4) is 0 Å². The molecule has 1 aliphatic rings. The maximum absolute atomic E-state index is 12.1. The predicted molar refractivity (Wildman–Crippen MR) is 87.8 cm³/mol. The Morgan fingerprint density at radius 3 is 2.71 bits per heavy atom. The second kappa shape index (κ2) is 7.52. The molecule has 2 rings (SSSR count). The molecular weight excluding hydrogens is 306 g/mol. The monoisotopic (exact) mass is 327 g/mol. The van der Waals surface area contributed by atoms with Gasteiger partial charge in [-0.3, -0.25) is 4.79 Å². The van der Waals surface area contributed by atoms with Crippen LogP contribution < -0.4 is 0 Å². The van der Waals surface area contributed by atoms with Gasteiger partial charge in [-0.2, -0.15) is 0 Å². The Balaban J connectivity index is 1.75. The highest BCUT2D eigenvalue weighted by Crippen LogP contribution is 2.30. The second-order valence-electron chi connectivity index (χ2n) is 5.71. The van der Waals surface area contributed by atoms with Crippen LogP contribution >= 0.6 is 23.4 Å². The van der Waals surface area contributed by atoms with E-state index in [9.17, 15) is 9.90 Å². The number of hydrogen-bond acceptors (Lipinski definition) is 3. The Kier molecular flexibility index (Phi) is 5.97. The maximum atomic E-state index is 12.1. The molecule has 0 heterocycles. The predicted octanol–water partition coefficient (Wildman–Crippen LogP) is 3.59. The van der Waals surface area contributed by atoms with Gasteiger partial charge < -0.3 is 10.0 Å². The zero-order chi connectivity index (χ0) is 15.3. The van der Waals surface area contributed by atoms with Crippen molar-refractivity contribution >= 4 is 29.3 Å². The molecule has 0 atom stereocenters. The number of thioether (sulfide) groups is 1. The Labute approximate surface area is 135 Å². The molecule has 1 N–H and O–H groups in total. The summed E-state index contributed by atoms with van der Waals surface area (Å²) in [6.07, 6.45) is 4.18. The molecule has 5 heteroatoms. The standard InChI is InChI=1S/C16H22ClNO2S/c1-18(12-16(20)9-4-5-10-16)15(19)8-11-21-14-7-3-2-6-13(14)17/h2-3,6-7,20H,4-5,8-12H2,1H3. The van der Waals surface area contributed by atoms with Crippen LogP contribution in [-0.2, 0) is 4.79 Å². The van der Waals surface area contributed by atoms with Gasteiger partial charge in [-0.1, -0.05) is 36.6 Å². The molecular formula is C16H22ClNO2S. The van der Waals surface area contributed by atoms with E-state index in [-0.39, 0.29) is 5.91 Å². The quantitative estimate of drug-likeness (QED) is 0.812. The number of benzene rings is 1. The van der Waals surface area contributed by atoms with Crippen LogP contribution in [0.4, 0.5) is 0 Å². The lowest BCUT2D eigenvalue weighted by atomic mass is 10.0. The van der Waals surface area contributed by atoms with Crippen LogP contribution in [0.15, 0.2) is 29.2 Å².